The fourth-order valence-electron chi connectivity index (χ4n) is 2.27. The molecule has 1 aliphatic heterocycles. The number of hydrogen-bond donors (Lipinski definition) is 1. The predicted octanol–water partition coefficient (Wildman–Crippen LogP) is 1.76. The summed E-state index contributed by atoms with van der Waals surface area (Å²) in [7, 11) is 0. The number of rotatable bonds is 7. The van der Waals surface area contributed by atoms with Crippen molar-refractivity contribution in [1.82, 2.24) is 4.90 Å². The molecule has 1 heterocycles. The van der Waals surface area contributed by atoms with Crippen molar-refractivity contribution in [2.75, 3.05) is 12.3 Å². The Kier molecular flexibility index (Phi) is 6.34. The summed E-state index contributed by atoms with van der Waals surface area (Å²) in [5.41, 5.74) is 0. The van der Waals surface area contributed by atoms with Crippen LogP contribution in [-0.4, -0.2) is 45.3 Å². The smallest absolute Gasteiger partial charge is 0.326 e. The highest BCUT2D eigenvalue weighted by atomic mass is 32.2. The molecule has 1 unspecified atom stereocenters. The minimum atomic E-state index is -0.929. The number of aliphatic carboxylic acids is 1. The van der Waals surface area contributed by atoms with E-state index in [4.69, 9.17) is 0 Å². The fourth-order valence-corrected chi connectivity index (χ4v) is 2.96. The van der Waals surface area contributed by atoms with Gasteiger partial charge < -0.3 is 10.0 Å². The maximum Gasteiger partial charge on any atom is 0.326 e. The van der Waals surface area contributed by atoms with Crippen molar-refractivity contribution in [2.45, 2.75) is 45.6 Å². The summed E-state index contributed by atoms with van der Waals surface area (Å²) in [6, 6.07) is -0.709. The summed E-state index contributed by atoms with van der Waals surface area (Å²) in [6.45, 7) is 3.96. The maximum absolute atomic E-state index is 11.9. The molecule has 0 aromatic carbocycles. The van der Waals surface area contributed by atoms with Crippen LogP contribution in [0.25, 0.3) is 0 Å². The number of hydrogen-bond acceptors (Lipinski definition) is 4. The van der Waals surface area contributed by atoms with E-state index < -0.39 is 12.0 Å². The Hall–Kier alpha value is -1.04. The number of unbranched alkanes of at least 4 members (excludes halogenated alkanes) is 1. The zero-order valence-electron chi connectivity index (χ0n) is 11.4. The Morgan fingerprint density at radius 1 is 1.53 bits per heavy atom. The molecule has 6 heteroatoms. The van der Waals surface area contributed by atoms with Gasteiger partial charge >= 0.3 is 5.97 Å². The van der Waals surface area contributed by atoms with Gasteiger partial charge in [-0.05, 0) is 12.3 Å². The molecule has 1 N–H and O–H groups in total. The number of thioether (sulfide) groups is 1. The number of carboxylic acid groups (broad SMARTS) is 1. The minimum Gasteiger partial charge on any atom is -0.480 e. The van der Waals surface area contributed by atoms with Crippen molar-refractivity contribution in [1.29, 1.82) is 0 Å². The Morgan fingerprint density at radius 3 is 2.74 bits per heavy atom. The summed E-state index contributed by atoms with van der Waals surface area (Å²) in [4.78, 5) is 35.6. The average molecular weight is 287 g/mol. The first kappa shape index (κ1) is 16.0. The molecule has 0 aromatic heterocycles. The van der Waals surface area contributed by atoms with Crippen molar-refractivity contribution in [3.63, 3.8) is 0 Å². The molecule has 1 rings (SSSR count). The van der Waals surface area contributed by atoms with Crippen LogP contribution in [0.4, 0.5) is 0 Å². The number of carboxylic acids is 1. The maximum atomic E-state index is 11.9. The molecule has 0 bridgehead atoms. The molecule has 1 amide bonds. The first-order valence-electron chi connectivity index (χ1n) is 6.61. The van der Waals surface area contributed by atoms with Crippen LogP contribution >= 0.6 is 11.8 Å². The summed E-state index contributed by atoms with van der Waals surface area (Å²) in [5.74, 6) is -0.346. The lowest BCUT2D eigenvalue weighted by atomic mass is 10.1. The highest BCUT2D eigenvalue weighted by Crippen LogP contribution is 2.25. The van der Waals surface area contributed by atoms with Gasteiger partial charge in [-0.25, -0.2) is 4.79 Å². The highest BCUT2D eigenvalue weighted by molar-refractivity contribution is 8.13. The van der Waals surface area contributed by atoms with Gasteiger partial charge in [0.1, 0.15) is 6.04 Å². The van der Waals surface area contributed by atoms with E-state index in [1.54, 1.807) is 0 Å². The lowest BCUT2D eigenvalue weighted by Gasteiger charge is -2.24. The number of likely N-dealkylation sites (tertiary alicyclic amines) is 1. The molecule has 0 spiro atoms. The van der Waals surface area contributed by atoms with E-state index in [1.165, 1.54) is 23.6 Å². The molecule has 1 aliphatic rings. The van der Waals surface area contributed by atoms with Crippen molar-refractivity contribution in [3.8, 4) is 0 Å². The zero-order valence-corrected chi connectivity index (χ0v) is 12.2. The SMILES string of the molecule is CCCC[C@@H](C(=O)O)N1CC(CSC(C)=O)CC1=O. The van der Waals surface area contributed by atoms with Gasteiger partial charge in [-0.3, -0.25) is 9.59 Å². The Labute approximate surface area is 117 Å². The summed E-state index contributed by atoms with van der Waals surface area (Å²) in [6.07, 6.45) is 2.57. The molecule has 0 aromatic rings. The number of amides is 1. The normalized spacial score (nSPS) is 20.6. The third-order valence-electron chi connectivity index (χ3n) is 3.25. The van der Waals surface area contributed by atoms with E-state index in [2.05, 4.69) is 0 Å². The Balaban J connectivity index is 2.58. The van der Waals surface area contributed by atoms with Crippen LogP contribution in [0, 0.1) is 5.92 Å². The molecule has 0 aliphatic carbocycles. The first-order chi connectivity index (χ1) is 8.95. The van der Waals surface area contributed by atoms with Crippen LogP contribution in [0.3, 0.4) is 0 Å². The second-order valence-electron chi connectivity index (χ2n) is 4.92. The van der Waals surface area contributed by atoms with E-state index in [0.717, 1.165) is 12.8 Å². The van der Waals surface area contributed by atoms with Gasteiger partial charge in [0, 0.05) is 25.6 Å². The van der Waals surface area contributed by atoms with Crippen molar-refractivity contribution < 1.29 is 19.5 Å². The van der Waals surface area contributed by atoms with Gasteiger partial charge in [0.25, 0.3) is 0 Å². The molecule has 0 saturated carbocycles. The monoisotopic (exact) mass is 287 g/mol. The Bertz CT molecular complexity index is 359. The van der Waals surface area contributed by atoms with Crippen LogP contribution in [-0.2, 0) is 14.4 Å². The van der Waals surface area contributed by atoms with Crippen LogP contribution in [0.5, 0.6) is 0 Å². The van der Waals surface area contributed by atoms with E-state index in [-0.39, 0.29) is 16.9 Å². The molecule has 19 heavy (non-hydrogen) atoms. The third-order valence-corrected chi connectivity index (χ3v) is 4.30. The van der Waals surface area contributed by atoms with E-state index >= 15 is 0 Å². The van der Waals surface area contributed by atoms with Gasteiger partial charge in [0.2, 0.25) is 5.91 Å². The first-order valence-corrected chi connectivity index (χ1v) is 7.59. The number of nitrogens with zero attached hydrogens (tertiary/aromatic N) is 1. The topological polar surface area (TPSA) is 74.7 Å². The summed E-state index contributed by atoms with van der Waals surface area (Å²) < 4.78 is 0. The van der Waals surface area contributed by atoms with Gasteiger partial charge in [0.15, 0.2) is 5.12 Å². The van der Waals surface area contributed by atoms with Crippen LogP contribution in [0.2, 0.25) is 0 Å². The molecular weight excluding hydrogens is 266 g/mol. The predicted molar refractivity (Wildman–Crippen MR) is 73.9 cm³/mol. The molecule has 5 nitrogen and oxygen atoms in total. The highest BCUT2D eigenvalue weighted by Gasteiger charge is 2.37. The van der Waals surface area contributed by atoms with Crippen molar-refractivity contribution in [3.05, 3.63) is 0 Å². The largest absolute Gasteiger partial charge is 0.480 e. The molecule has 2 atom stereocenters. The number of carbonyl (C=O) groups is 3. The summed E-state index contributed by atoms with van der Waals surface area (Å²) >= 11 is 1.21. The number of carbonyl (C=O) groups excluding carboxylic acids is 2. The second kappa shape index (κ2) is 7.53. The minimum absolute atomic E-state index is 0.0340. The van der Waals surface area contributed by atoms with Crippen molar-refractivity contribution in [2.24, 2.45) is 5.92 Å². The van der Waals surface area contributed by atoms with E-state index in [9.17, 15) is 19.5 Å². The molecule has 1 fully saturated rings. The summed E-state index contributed by atoms with van der Waals surface area (Å²) in [5, 5.41) is 9.26. The standard InChI is InChI=1S/C13H21NO4S/c1-3-4-5-11(13(17)18)14-7-10(6-12(14)16)8-19-9(2)15/h10-11H,3-8H2,1-2H3,(H,17,18)/t10?,11-/m0/s1. The van der Waals surface area contributed by atoms with Crippen LogP contribution < -0.4 is 0 Å². The molecular formula is C13H21NO4S. The Morgan fingerprint density at radius 2 is 2.21 bits per heavy atom. The fraction of sp³-hybridized carbons (Fsp3) is 0.769. The van der Waals surface area contributed by atoms with Gasteiger partial charge in [-0.2, -0.15) is 0 Å². The van der Waals surface area contributed by atoms with Gasteiger partial charge in [-0.15, -0.1) is 0 Å². The van der Waals surface area contributed by atoms with E-state index in [0.29, 0.717) is 25.1 Å². The van der Waals surface area contributed by atoms with Gasteiger partial charge in [-0.1, -0.05) is 31.5 Å². The molecule has 1 saturated heterocycles. The lowest BCUT2D eigenvalue weighted by molar-refractivity contribution is -0.148. The van der Waals surface area contributed by atoms with Gasteiger partial charge in [0.05, 0.1) is 0 Å². The quantitative estimate of drug-likeness (QED) is 0.772. The third kappa shape index (κ3) is 4.86. The van der Waals surface area contributed by atoms with E-state index in [1.807, 2.05) is 6.92 Å². The lowest BCUT2D eigenvalue weighted by Crippen LogP contribution is -2.42. The second-order valence-corrected chi connectivity index (χ2v) is 6.11. The average Bonchev–Trinajstić information content (AvgIpc) is 2.68. The zero-order chi connectivity index (χ0) is 14.4. The van der Waals surface area contributed by atoms with Crippen molar-refractivity contribution >= 4 is 28.8 Å². The molecule has 108 valence electrons. The van der Waals surface area contributed by atoms with Crippen LogP contribution in [0.1, 0.15) is 39.5 Å². The van der Waals surface area contributed by atoms with Crippen LogP contribution in [0.15, 0.2) is 0 Å². The molecule has 0 radical (unpaired) electrons.